The Balaban J connectivity index is 1.44. The van der Waals surface area contributed by atoms with Gasteiger partial charge in [-0.15, -0.1) is 11.8 Å². The Morgan fingerprint density at radius 3 is 2.18 bits per heavy atom. The maximum absolute atomic E-state index is 12.9. The van der Waals surface area contributed by atoms with Crippen molar-refractivity contribution in [1.29, 1.82) is 0 Å². The predicted octanol–water partition coefficient (Wildman–Crippen LogP) is 4.98. The van der Waals surface area contributed by atoms with Crippen molar-refractivity contribution in [2.75, 3.05) is 24.4 Å². The molecular formula is C25H21IN2O5S. The fourth-order valence-electron chi connectivity index (χ4n) is 3.61. The second kappa shape index (κ2) is 10.5. The zero-order valence-electron chi connectivity index (χ0n) is 18.4. The number of amides is 3. The first-order chi connectivity index (χ1) is 16.4. The summed E-state index contributed by atoms with van der Waals surface area (Å²) >= 11 is 3.51. The zero-order valence-corrected chi connectivity index (χ0v) is 21.4. The fraction of sp³-hybridized carbons (Fsp3) is 0.160. The molecular weight excluding hydrogens is 567 g/mol. The molecule has 1 aliphatic heterocycles. The third-order valence-electron chi connectivity index (χ3n) is 5.24. The molecule has 3 amide bonds. The van der Waals surface area contributed by atoms with Crippen molar-refractivity contribution in [3.05, 3.63) is 75.9 Å². The van der Waals surface area contributed by atoms with E-state index in [2.05, 4.69) is 27.9 Å². The van der Waals surface area contributed by atoms with E-state index in [1.165, 1.54) is 30.9 Å². The van der Waals surface area contributed by atoms with Crippen LogP contribution in [0.15, 0.2) is 71.6 Å². The van der Waals surface area contributed by atoms with Crippen LogP contribution < -0.4 is 19.7 Å². The number of nitrogens with one attached hydrogen (secondary N) is 1. The maximum atomic E-state index is 12.9. The van der Waals surface area contributed by atoms with Crippen molar-refractivity contribution in [3.8, 4) is 11.5 Å². The molecule has 1 unspecified atom stereocenters. The molecule has 34 heavy (non-hydrogen) atoms. The summed E-state index contributed by atoms with van der Waals surface area (Å²) in [5.74, 6) is 0.0203. The Hall–Kier alpha value is -3.05. The number of nitrogens with zero attached hydrogens (tertiary/aromatic N) is 1. The summed E-state index contributed by atoms with van der Waals surface area (Å²) in [5.41, 5.74) is 1.47. The number of halogens is 1. The van der Waals surface area contributed by atoms with Gasteiger partial charge in [-0.05, 0) is 83.3 Å². The lowest BCUT2D eigenvalue weighted by molar-refractivity contribution is -0.121. The zero-order chi connectivity index (χ0) is 24.2. The number of imide groups is 1. The van der Waals surface area contributed by atoms with E-state index in [1.54, 1.807) is 42.5 Å². The van der Waals surface area contributed by atoms with Crippen LogP contribution in [-0.4, -0.2) is 37.2 Å². The van der Waals surface area contributed by atoms with Crippen LogP contribution in [0.1, 0.15) is 16.8 Å². The van der Waals surface area contributed by atoms with Crippen LogP contribution in [0.4, 0.5) is 11.4 Å². The minimum atomic E-state index is -0.495. The molecule has 1 aliphatic rings. The first-order valence-corrected chi connectivity index (χ1v) is 12.3. The number of hydrogen-bond acceptors (Lipinski definition) is 6. The fourth-order valence-corrected chi connectivity index (χ4v) is 5.02. The predicted molar refractivity (Wildman–Crippen MR) is 140 cm³/mol. The van der Waals surface area contributed by atoms with Gasteiger partial charge in [0, 0.05) is 20.6 Å². The van der Waals surface area contributed by atoms with Gasteiger partial charge in [0.2, 0.25) is 11.8 Å². The van der Waals surface area contributed by atoms with Gasteiger partial charge in [0.05, 0.1) is 25.2 Å². The summed E-state index contributed by atoms with van der Waals surface area (Å²) in [4.78, 5) is 40.3. The molecule has 1 atom stereocenters. The molecule has 0 radical (unpaired) electrons. The third kappa shape index (κ3) is 5.05. The van der Waals surface area contributed by atoms with Crippen LogP contribution in [0, 0.1) is 3.57 Å². The number of carbonyl (C=O) groups is 3. The molecule has 0 aliphatic carbocycles. The standard InChI is InChI=1S/C25H21IN2O5S/c1-32-19-4-3-5-20(33-2)23(19)24(30)27-16-8-12-18(13-9-16)34-21-14-22(29)28(25(21)31)17-10-6-15(26)7-11-17/h3-13,21H,14H2,1-2H3,(H,27,30). The molecule has 4 rings (SSSR count). The first-order valence-electron chi connectivity index (χ1n) is 10.3. The summed E-state index contributed by atoms with van der Waals surface area (Å²) < 4.78 is 11.6. The molecule has 3 aromatic carbocycles. The molecule has 0 bridgehead atoms. The van der Waals surface area contributed by atoms with Gasteiger partial charge in [-0.25, -0.2) is 4.90 Å². The number of benzene rings is 3. The molecule has 3 aromatic rings. The van der Waals surface area contributed by atoms with Gasteiger partial charge in [0.15, 0.2) is 0 Å². The highest BCUT2D eigenvalue weighted by molar-refractivity contribution is 14.1. The van der Waals surface area contributed by atoms with E-state index in [-0.39, 0.29) is 24.1 Å². The highest BCUT2D eigenvalue weighted by Gasteiger charge is 2.40. The lowest BCUT2D eigenvalue weighted by Crippen LogP contribution is -2.31. The van der Waals surface area contributed by atoms with Crippen LogP contribution in [0.5, 0.6) is 11.5 Å². The molecule has 0 aromatic heterocycles. The summed E-state index contributed by atoms with van der Waals surface area (Å²) in [6, 6.07) is 19.5. The molecule has 1 saturated heterocycles. The second-order valence-corrected chi connectivity index (χ2v) is 9.89. The normalized spacial score (nSPS) is 15.4. The minimum absolute atomic E-state index is 0.140. The van der Waals surface area contributed by atoms with Crippen LogP contribution in [-0.2, 0) is 9.59 Å². The highest BCUT2D eigenvalue weighted by atomic mass is 127. The van der Waals surface area contributed by atoms with Crippen LogP contribution in [0.25, 0.3) is 0 Å². The van der Waals surface area contributed by atoms with E-state index in [9.17, 15) is 14.4 Å². The van der Waals surface area contributed by atoms with Gasteiger partial charge in [-0.3, -0.25) is 14.4 Å². The maximum Gasteiger partial charge on any atom is 0.263 e. The lowest BCUT2D eigenvalue weighted by Gasteiger charge is -2.15. The molecule has 174 valence electrons. The van der Waals surface area contributed by atoms with E-state index in [0.717, 1.165) is 8.47 Å². The Morgan fingerprint density at radius 2 is 1.59 bits per heavy atom. The molecule has 7 nitrogen and oxygen atoms in total. The van der Waals surface area contributed by atoms with Gasteiger partial charge < -0.3 is 14.8 Å². The Bertz CT molecular complexity index is 1210. The van der Waals surface area contributed by atoms with Gasteiger partial charge in [-0.1, -0.05) is 6.07 Å². The van der Waals surface area contributed by atoms with Crippen LogP contribution in [0.2, 0.25) is 0 Å². The summed E-state index contributed by atoms with van der Waals surface area (Å²) in [6.45, 7) is 0. The van der Waals surface area contributed by atoms with E-state index in [1.807, 2.05) is 24.3 Å². The number of thioether (sulfide) groups is 1. The van der Waals surface area contributed by atoms with Crippen molar-refractivity contribution < 1.29 is 23.9 Å². The number of ether oxygens (including phenoxy) is 2. The summed E-state index contributed by atoms with van der Waals surface area (Å²) in [6.07, 6.45) is 0.140. The average Bonchev–Trinajstić information content (AvgIpc) is 3.12. The van der Waals surface area contributed by atoms with Gasteiger partial charge in [-0.2, -0.15) is 0 Å². The molecule has 1 heterocycles. The van der Waals surface area contributed by atoms with Gasteiger partial charge in [0.1, 0.15) is 17.1 Å². The van der Waals surface area contributed by atoms with E-state index in [4.69, 9.17) is 9.47 Å². The highest BCUT2D eigenvalue weighted by Crippen LogP contribution is 2.35. The first kappa shape index (κ1) is 24.1. The van der Waals surface area contributed by atoms with Gasteiger partial charge in [0.25, 0.3) is 5.91 Å². The van der Waals surface area contributed by atoms with Crippen molar-refractivity contribution in [2.24, 2.45) is 0 Å². The van der Waals surface area contributed by atoms with Crippen LogP contribution in [0.3, 0.4) is 0 Å². The van der Waals surface area contributed by atoms with Gasteiger partial charge >= 0.3 is 0 Å². The number of rotatable bonds is 7. The van der Waals surface area contributed by atoms with Crippen molar-refractivity contribution in [1.82, 2.24) is 0 Å². The van der Waals surface area contributed by atoms with E-state index in [0.29, 0.717) is 28.4 Å². The number of carbonyl (C=O) groups excluding carboxylic acids is 3. The molecule has 1 N–H and O–H groups in total. The van der Waals surface area contributed by atoms with Crippen molar-refractivity contribution in [3.63, 3.8) is 0 Å². The Labute approximate surface area is 215 Å². The Kier molecular flexibility index (Phi) is 7.42. The largest absolute Gasteiger partial charge is 0.496 e. The van der Waals surface area contributed by atoms with E-state index < -0.39 is 5.25 Å². The SMILES string of the molecule is COc1cccc(OC)c1C(=O)Nc1ccc(SC2CC(=O)N(c3ccc(I)cc3)C2=O)cc1. The topological polar surface area (TPSA) is 84.9 Å². The van der Waals surface area contributed by atoms with E-state index >= 15 is 0 Å². The number of methoxy groups -OCH3 is 2. The monoisotopic (exact) mass is 588 g/mol. The summed E-state index contributed by atoms with van der Waals surface area (Å²) in [7, 11) is 2.98. The van der Waals surface area contributed by atoms with Crippen LogP contribution >= 0.6 is 34.4 Å². The average molecular weight is 588 g/mol. The molecule has 0 spiro atoms. The van der Waals surface area contributed by atoms with Crippen molar-refractivity contribution in [2.45, 2.75) is 16.6 Å². The quantitative estimate of drug-likeness (QED) is 0.310. The minimum Gasteiger partial charge on any atom is -0.496 e. The Morgan fingerprint density at radius 1 is 0.971 bits per heavy atom. The molecule has 9 heteroatoms. The molecule has 0 saturated carbocycles. The number of hydrogen-bond donors (Lipinski definition) is 1. The lowest BCUT2D eigenvalue weighted by atomic mass is 10.1. The number of anilines is 2. The molecule has 1 fully saturated rings. The smallest absolute Gasteiger partial charge is 0.263 e. The second-order valence-electron chi connectivity index (χ2n) is 7.37. The van der Waals surface area contributed by atoms with Crippen molar-refractivity contribution >= 4 is 63.4 Å². The third-order valence-corrected chi connectivity index (χ3v) is 7.15. The summed E-state index contributed by atoms with van der Waals surface area (Å²) in [5, 5.41) is 2.34.